The molecule has 1 aromatic heterocycles. The lowest BCUT2D eigenvalue weighted by molar-refractivity contribution is -0.437. The number of nitrogens with zero attached hydrogens (tertiary/aromatic N) is 3. The molecule has 5 nitrogen and oxygen atoms in total. The highest BCUT2D eigenvalue weighted by molar-refractivity contribution is 6.04. The van der Waals surface area contributed by atoms with Crippen LogP contribution in [-0.4, -0.2) is 33.5 Å². The summed E-state index contributed by atoms with van der Waals surface area (Å²) in [4.78, 5) is 15.7. The molecule has 2 heterocycles. The molecule has 18 heavy (non-hydrogen) atoms. The average Bonchev–Trinajstić information content (AvgIpc) is 2.72. The first-order chi connectivity index (χ1) is 8.58. The van der Waals surface area contributed by atoms with Crippen molar-refractivity contribution in [3.05, 3.63) is 24.5 Å². The first-order valence-electron chi connectivity index (χ1n) is 5.97. The largest absolute Gasteiger partial charge is 0.339 e. The Hall–Kier alpha value is -2.04. The first-order valence-corrected chi connectivity index (χ1v) is 5.97. The number of amides is 1. The zero-order valence-electron chi connectivity index (χ0n) is 10.8. The van der Waals surface area contributed by atoms with E-state index in [0.717, 1.165) is 11.4 Å². The fourth-order valence-corrected chi connectivity index (χ4v) is 1.61. The molecule has 0 radical (unpaired) electrons. The molecule has 0 saturated heterocycles. The lowest BCUT2D eigenvalue weighted by atomic mass is 10.1. The number of aromatic nitrogens is 1. The molecule has 0 aromatic carbocycles. The molecule has 1 aromatic rings. The maximum absolute atomic E-state index is 11.7. The fourth-order valence-electron chi connectivity index (χ4n) is 1.61. The Bertz CT molecular complexity index is 505. The van der Waals surface area contributed by atoms with E-state index < -0.39 is 0 Å². The van der Waals surface area contributed by atoms with Crippen LogP contribution < -0.4 is 5.32 Å². The van der Waals surface area contributed by atoms with E-state index in [9.17, 15) is 4.79 Å². The lowest BCUT2D eigenvalue weighted by Gasteiger charge is -2.09. The summed E-state index contributed by atoms with van der Waals surface area (Å²) >= 11 is 0. The molecule has 0 saturated carbocycles. The van der Waals surface area contributed by atoms with E-state index in [2.05, 4.69) is 15.4 Å². The number of carbonyl (C=O) groups is 1. The van der Waals surface area contributed by atoms with Gasteiger partial charge < -0.3 is 5.32 Å². The maximum Gasteiger partial charge on any atom is 0.255 e. The Kier molecular flexibility index (Phi) is 3.50. The molecule has 0 aliphatic carbocycles. The van der Waals surface area contributed by atoms with Crippen LogP contribution in [0.2, 0.25) is 0 Å². The Morgan fingerprint density at radius 2 is 2.28 bits per heavy atom. The van der Waals surface area contributed by atoms with E-state index in [-0.39, 0.29) is 17.9 Å². The van der Waals surface area contributed by atoms with Gasteiger partial charge in [0.05, 0.1) is 0 Å². The van der Waals surface area contributed by atoms with Crippen LogP contribution >= 0.6 is 0 Å². The molecular weight excluding hydrogens is 228 g/mol. The van der Waals surface area contributed by atoms with Crippen molar-refractivity contribution in [1.29, 1.82) is 0 Å². The molecule has 0 bridgehead atoms. The highest BCUT2D eigenvalue weighted by Crippen LogP contribution is 2.12. The molecule has 1 amide bonds. The second-order valence-corrected chi connectivity index (χ2v) is 4.59. The van der Waals surface area contributed by atoms with Crippen molar-refractivity contribution in [2.24, 2.45) is 11.0 Å². The quantitative estimate of drug-likeness (QED) is 0.817. The van der Waals surface area contributed by atoms with Gasteiger partial charge in [0.25, 0.3) is 5.69 Å². The van der Waals surface area contributed by atoms with Crippen molar-refractivity contribution in [1.82, 2.24) is 10.3 Å². The summed E-state index contributed by atoms with van der Waals surface area (Å²) in [7, 11) is 0. The predicted octanol–water partition coefficient (Wildman–Crippen LogP) is 1.33. The van der Waals surface area contributed by atoms with Crippen LogP contribution in [0.15, 0.2) is 29.6 Å². The molecule has 2 rings (SSSR count). The van der Waals surface area contributed by atoms with Gasteiger partial charge in [-0.3, -0.25) is 9.78 Å². The minimum Gasteiger partial charge on any atom is -0.339 e. The number of hydrazone groups is 1. The van der Waals surface area contributed by atoms with Crippen molar-refractivity contribution < 1.29 is 9.48 Å². The standard InChI is InChI=1S/C13H16N4O/c1-9(2)13(18)15-12-8-17(16-10(12)3)11-5-4-6-14-7-11/h4-9,12H,1-3H3/p+1. The summed E-state index contributed by atoms with van der Waals surface area (Å²) in [5.74, 6) is -0.00233. The van der Waals surface area contributed by atoms with Gasteiger partial charge in [-0.25, -0.2) is 0 Å². The number of rotatable bonds is 3. The van der Waals surface area contributed by atoms with E-state index in [1.165, 1.54) is 0 Å². The fraction of sp³-hybridized carbons (Fsp3) is 0.385. The summed E-state index contributed by atoms with van der Waals surface area (Å²) in [5, 5.41) is 7.33. The van der Waals surface area contributed by atoms with Gasteiger partial charge in [-0.1, -0.05) is 18.5 Å². The van der Waals surface area contributed by atoms with Gasteiger partial charge in [0.1, 0.15) is 11.9 Å². The van der Waals surface area contributed by atoms with Crippen LogP contribution in [0.4, 0.5) is 5.69 Å². The lowest BCUT2D eigenvalue weighted by Crippen LogP contribution is -2.41. The predicted molar refractivity (Wildman–Crippen MR) is 70.1 cm³/mol. The topological polar surface area (TPSA) is 57.4 Å². The zero-order chi connectivity index (χ0) is 13.1. The number of nitrogens with one attached hydrogen (secondary N) is 1. The molecule has 1 atom stereocenters. The zero-order valence-corrected chi connectivity index (χ0v) is 10.8. The Balaban J connectivity index is 2.15. The SMILES string of the molecule is CC1=N[N+](c2cccnc2)=CC1NC(=O)C(C)C. The molecular formula is C13H17N4O+. The Morgan fingerprint density at radius 3 is 2.89 bits per heavy atom. The summed E-state index contributed by atoms with van der Waals surface area (Å²) in [6.07, 6.45) is 5.33. The smallest absolute Gasteiger partial charge is 0.255 e. The molecule has 94 valence electrons. The van der Waals surface area contributed by atoms with Gasteiger partial charge in [0, 0.05) is 18.2 Å². The number of pyridine rings is 1. The molecule has 1 aliphatic rings. The molecule has 1 aliphatic heterocycles. The van der Waals surface area contributed by atoms with E-state index in [1.54, 1.807) is 17.1 Å². The van der Waals surface area contributed by atoms with Gasteiger partial charge in [-0.05, 0) is 18.1 Å². The van der Waals surface area contributed by atoms with Crippen LogP contribution in [0, 0.1) is 5.92 Å². The van der Waals surface area contributed by atoms with Crippen LogP contribution in [-0.2, 0) is 4.79 Å². The van der Waals surface area contributed by atoms with Crippen molar-refractivity contribution in [3.63, 3.8) is 0 Å². The number of hydrogen-bond acceptors (Lipinski definition) is 3. The third kappa shape index (κ3) is 2.61. The van der Waals surface area contributed by atoms with Crippen molar-refractivity contribution in [2.75, 3.05) is 0 Å². The molecule has 1 unspecified atom stereocenters. The minimum atomic E-state index is -0.139. The van der Waals surface area contributed by atoms with Crippen LogP contribution in [0.25, 0.3) is 0 Å². The van der Waals surface area contributed by atoms with Gasteiger partial charge >= 0.3 is 0 Å². The van der Waals surface area contributed by atoms with Crippen molar-refractivity contribution in [2.45, 2.75) is 26.8 Å². The normalized spacial score (nSPS) is 18.6. The summed E-state index contributed by atoms with van der Waals surface area (Å²) in [5.41, 5.74) is 1.76. The van der Waals surface area contributed by atoms with Crippen molar-refractivity contribution in [3.8, 4) is 0 Å². The Labute approximate surface area is 106 Å². The van der Waals surface area contributed by atoms with Gasteiger partial charge in [0.2, 0.25) is 12.1 Å². The third-order valence-corrected chi connectivity index (χ3v) is 2.74. The van der Waals surface area contributed by atoms with Crippen LogP contribution in [0.5, 0.6) is 0 Å². The molecule has 5 heteroatoms. The Morgan fingerprint density at radius 1 is 1.50 bits per heavy atom. The maximum atomic E-state index is 11.7. The highest BCUT2D eigenvalue weighted by atomic mass is 16.1. The van der Waals surface area contributed by atoms with E-state index in [1.807, 2.05) is 39.1 Å². The number of hydrogen-bond donors (Lipinski definition) is 1. The second kappa shape index (κ2) is 5.08. The van der Waals surface area contributed by atoms with E-state index >= 15 is 0 Å². The second-order valence-electron chi connectivity index (χ2n) is 4.59. The van der Waals surface area contributed by atoms with Gasteiger partial charge in [0.15, 0.2) is 6.04 Å². The van der Waals surface area contributed by atoms with Crippen LogP contribution in [0.3, 0.4) is 0 Å². The average molecular weight is 245 g/mol. The summed E-state index contributed by atoms with van der Waals surface area (Å²) in [6.45, 7) is 5.64. The molecule has 0 spiro atoms. The summed E-state index contributed by atoms with van der Waals surface area (Å²) < 4.78 is 1.74. The van der Waals surface area contributed by atoms with Crippen molar-refractivity contribution >= 4 is 23.5 Å². The third-order valence-electron chi connectivity index (χ3n) is 2.74. The van der Waals surface area contributed by atoms with Gasteiger partial charge in [-0.15, -0.1) is 0 Å². The van der Waals surface area contributed by atoms with E-state index in [4.69, 9.17) is 0 Å². The summed E-state index contributed by atoms with van der Waals surface area (Å²) in [6, 6.07) is 3.64. The molecule has 0 fully saturated rings. The highest BCUT2D eigenvalue weighted by Gasteiger charge is 2.28. The molecule has 1 N–H and O–H groups in total. The van der Waals surface area contributed by atoms with Crippen LogP contribution in [0.1, 0.15) is 20.8 Å². The number of carbonyl (C=O) groups excluding carboxylic acids is 1. The van der Waals surface area contributed by atoms with Gasteiger partial charge in [-0.2, -0.15) is 0 Å². The monoisotopic (exact) mass is 245 g/mol. The first kappa shape index (κ1) is 12.4. The van der Waals surface area contributed by atoms with E-state index in [0.29, 0.717) is 0 Å². The minimum absolute atomic E-state index is 0.0267.